The van der Waals surface area contributed by atoms with Crippen molar-refractivity contribution in [1.29, 1.82) is 0 Å². The summed E-state index contributed by atoms with van der Waals surface area (Å²) >= 11 is 0. The van der Waals surface area contributed by atoms with Crippen molar-refractivity contribution in [2.45, 2.75) is 25.3 Å². The first kappa shape index (κ1) is 20.9. The first-order valence-electron chi connectivity index (χ1n) is 7.96. The molecule has 1 atom stereocenters. The number of rotatable bonds is 11. The summed E-state index contributed by atoms with van der Waals surface area (Å²) in [4.78, 5) is 45.6. The number of hydrogen-bond acceptors (Lipinski definition) is 6. The molecule has 142 valence electrons. The Bertz CT molecular complexity index is 619. The van der Waals surface area contributed by atoms with E-state index in [2.05, 4.69) is 15.4 Å². The Hall–Kier alpha value is -3.10. The minimum atomic E-state index is -1.20. The van der Waals surface area contributed by atoms with Crippen LogP contribution in [0, 0.1) is 0 Å². The summed E-state index contributed by atoms with van der Waals surface area (Å²) in [6, 6.07) is 7.92. The van der Waals surface area contributed by atoms with Crippen molar-refractivity contribution < 1.29 is 33.8 Å². The third-order valence-electron chi connectivity index (χ3n) is 3.27. The number of carboxylic acids is 1. The second kappa shape index (κ2) is 11.5. The maximum absolute atomic E-state index is 12.1. The van der Waals surface area contributed by atoms with Crippen LogP contribution in [0.1, 0.15) is 19.3 Å². The molecule has 0 unspecified atom stereocenters. The van der Waals surface area contributed by atoms with Gasteiger partial charge in [0.1, 0.15) is 18.3 Å². The molecular formula is C17H22N2O7. The number of carboxylic acid groups (broad SMARTS) is 1. The van der Waals surface area contributed by atoms with Crippen LogP contribution in [-0.2, 0) is 23.9 Å². The number of aliphatic carboxylic acids is 1. The SMILES string of the molecule is COC(=O)CCC(=O)N[C@@H](CCOc1ccccc1)C(=O)NCC(=O)O. The highest BCUT2D eigenvalue weighted by molar-refractivity contribution is 5.90. The molecule has 1 aromatic rings. The molecule has 9 nitrogen and oxygen atoms in total. The van der Waals surface area contributed by atoms with Crippen molar-refractivity contribution >= 4 is 23.8 Å². The number of nitrogens with one attached hydrogen (secondary N) is 2. The average molecular weight is 366 g/mol. The van der Waals surface area contributed by atoms with E-state index < -0.39 is 36.3 Å². The topological polar surface area (TPSA) is 131 Å². The molecule has 0 aliphatic heterocycles. The minimum absolute atomic E-state index is 0.119. The maximum atomic E-state index is 12.1. The van der Waals surface area contributed by atoms with Crippen LogP contribution in [0.25, 0.3) is 0 Å². The van der Waals surface area contributed by atoms with Crippen molar-refractivity contribution in [1.82, 2.24) is 10.6 Å². The van der Waals surface area contributed by atoms with E-state index in [9.17, 15) is 19.2 Å². The van der Waals surface area contributed by atoms with E-state index in [-0.39, 0.29) is 25.9 Å². The van der Waals surface area contributed by atoms with Gasteiger partial charge in [-0.05, 0) is 12.1 Å². The van der Waals surface area contributed by atoms with Crippen molar-refractivity contribution in [2.24, 2.45) is 0 Å². The highest BCUT2D eigenvalue weighted by atomic mass is 16.5. The lowest BCUT2D eigenvalue weighted by atomic mass is 10.1. The molecular weight excluding hydrogens is 344 g/mol. The molecule has 0 fully saturated rings. The number of hydrogen-bond donors (Lipinski definition) is 3. The molecule has 0 radical (unpaired) electrons. The Kier molecular flexibility index (Phi) is 9.23. The second-order valence-corrected chi connectivity index (χ2v) is 5.26. The van der Waals surface area contributed by atoms with Crippen molar-refractivity contribution in [3.8, 4) is 5.75 Å². The van der Waals surface area contributed by atoms with Gasteiger partial charge in [-0.15, -0.1) is 0 Å². The highest BCUT2D eigenvalue weighted by Crippen LogP contribution is 2.09. The molecule has 0 bridgehead atoms. The zero-order valence-electron chi connectivity index (χ0n) is 14.4. The van der Waals surface area contributed by atoms with Gasteiger partial charge < -0.3 is 25.2 Å². The normalized spacial score (nSPS) is 11.1. The molecule has 9 heteroatoms. The number of ether oxygens (including phenoxy) is 2. The molecule has 2 amide bonds. The maximum Gasteiger partial charge on any atom is 0.322 e. The van der Waals surface area contributed by atoms with Gasteiger partial charge in [-0.2, -0.15) is 0 Å². The number of carbonyl (C=O) groups excluding carboxylic acids is 3. The largest absolute Gasteiger partial charge is 0.494 e. The van der Waals surface area contributed by atoms with E-state index in [1.807, 2.05) is 6.07 Å². The molecule has 0 spiro atoms. The van der Waals surface area contributed by atoms with Gasteiger partial charge in [-0.1, -0.05) is 18.2 Å². The van der Waals surface area contributed by atoms with E-state index >= 15 is 0 Å². The fraction of sp³-hybridized carbons (Fsp3) is 0.412. The van der Waals surface area contributed by atoms with E-state index in [1.165, 1.54) is 7.11 Å². The number of methoxy groups -OCH3 is 1. The van der Waals surface area contributed by atoms with Gasteiger partial charge in [-0.25, -0.2) is 0 Å². The number of esters is 1. The first-order valence-corrected chi connectivity index (χ1v) is 7.96. The summed E-state index contributed by atoms with van der Waals surface area (Å²) in [7, 11) is 1.21. The predicted molar refractivity (Wildman–Crippen MR) is 90.4 cm³/mol. The second-order valence-electron chi connectivity index (χ2n) is 5.26. The Morgan fingerprint density at radius 2 is 1.81 bits per heavy atom. The third-order valence-corrected chi connectivity index (χ3v) is 3.27. The summed E-state index contributed by atoms with van der Waals surface area (Å²) in [6.45, 7) is -0.431. The summed E-state index contributed by atoms with van der Waals surface area (Å²) in [5, 5.41) is 13.3. The van der Waals surface area contributed by atoms with Crippen LogP contribution < -0.4 is 15.4 Å². The summed E-state index contributed by atoms with van der Waals surface area (Å²) < 4.78 is 9.94. The van der Waals surface area contributed by atoms with Crippen LogP contribution in [0.15, 0.2) is 30.3 Å². The highest BCUT2D eigenvalue weighted by Gasteiger charge is 2.21. The molecule has 0 saturated carbocycles. The fourth-order valence-corrected chi connectivity index (χ4v) is 1.95. The molecule has 0 heterocycles. The summed E-state index contributed by atoms with van der Waals surface area (Å²) in [5.41, 5.74) is 0. The molecule has 0 aliphatic carbocycles. The van der Waals surface area contributed by atoms with Gasteiger partial charge >= 0.3 is 11.9 Å². The van der Waals surface area contributed by atoms with Gasteiger partial charge in [0.2, 0.25) is 11.8 Å². The quantitative estimate of drug-likeness (QED) is 0.473. The van der Waals surface area contributed by atoms with Gasteiger partial charge in [0, 0.05) is 12.8 Å². The molecule has 0 aliphatic rings. The van der Waals surface area contributed by atoms with Crippen molar-refractivity contribution in [3.05, 3.63) is 30.3 Å². The Balaban J connectivity index is 2.56. The lowest BCUT2D eigenvalue weighted by Crippen LogP contribution is -2.48. The lowest BCUT2D eigenvalue weighted by molar-refractivity contribution is -0.142. The van der Waals surface area contributed by atoms with Crippen molar-refractivity contribution in [3.63, 3.8) is 0 Å². The fourth-order valence-electron chi connectivity index (χ4n) is 1.95. The monoisotopic (exact) mass is 366 g/mol. The van der Waals surface area contributed by atoms with Gasteiger partial charge in [0.25, 0.3) is 0 Å². The zero-order valence-corrected chi connectivity index (χ0v) is 14.4. The Labute approximate surface area is 150 Å². The zero-order chi connectivity index (χ0) is 19.4. The third kappa shape index (κ3) is 8.67. The van der Waals surface area contributed by atoms with Crippen LogP contribution in [0.4, 0.5) is 0 Å². The van der Waals surface area contributed by atoms with Gasteiger partial charge in [-0.3, -0.25) is 19.2 Å². The standard InChI is InChI=1S/C17H22N2O7/c1-25-16(23)8-7-14(20)19-13(17(24)18-11-15(21)22)9-10-26-12-5-3-2-4-6-12/h2-6,13H,7-11H2,1H3,(H,18,24)(H,19,20)(H,21,22)/t13-/m0/s1. The molecule has 1 aromatic carbocycles. The van der Waals surface area contributed by atoms with E-state index in [0.29, 0.717) is 5.75 Å². The Morgan fingerprint density at radius 3 is 2.42 bits per heavy atom. The van der Waals surface area contributed by atoms with Crippen LogP contribution in [0.2, 0.25) is 0 Å². The number of benzene rings is 1. The lowest BCUT2D eigenvalue weighted by Gasteiger charge is -2.18. The molecule has 0 saturated heterocycles. The number of carbonyl (C=O) groups is 4. The van der Waals surface area contributed by atoms with Gasteiger partial charge in [0.15, 0.2) is 0 Å². The van der Waals surface area contributed by atoms with E-state index in [1.54, 1.807) is 24.3 Å². The summed E-state index contributed by atoms with van der Waals surface area (Å²) in [6.07, 6.45) is -0.133. The van der Waals surface area contributed by atoms with Crippen LogP contribution in [0.5, 0.6) is 5.75 Å². The van der Waals surface area contributed by atoms with Crippen LogP contribution in [0.3, 0.4) is 0 Å². The van der Waals surface area contributed by atoms with Crippen LogP contribution >= 0.6 is 0 Å². The average Bonchev–Trinajstić information content (AvgIpc) is 2.64. The Morgan fingerprint density at radius 1 is 1.12 bits per heavy atom. The minimum Gasteiger partial charge on any atom is -0.494 e. The number of para-hydroxylation sites is 1. The smallest absolute Gasteiger partial charge is 0.322 e. The molecule has 3 N–H and O–H groups in total. The van der Waals surface area contributed by atoms with Crippen molar-refractivity contribution in [2.75, 3.05) is 20.3 Å². The van der Waals surface area contributed by atoms with Gasteiger partial charge in [0.05, 0.1) is 20.1 Å². The van der Waals surface area contributed by atoms with E-state index in [0.717, 1.165) is 0 Å². The molecule has 26 heavy (non-hydrogen) atoms. The summed E-state index contributed by atoms with van der Waals surface area (Å²) in [5.74, 6) is -2.30. The number of amides is 2. The van der Waals surface area contributed by atoms with E-state index in [4.69, 9.17) is 9.84 Å². The first-order chi connectivity index (χ1) is 12.4. The molecule has 1 rings (SSSR count). The van der Waals surface area contributed by atoms with Crippen LogP contribution in [-0.4, -0.2) is 55.2 Å². The predicted octanol–water partition coefficient (Wildman–Crippen LogP) is 0.0943. The molecule has 0 aromatic heterocycles.